The fraction of sp³-hybridized carbons (Fsp3) is 0.222. The second-order valence-electron chi connectivity index (χ2n) is 4.87. The Bertz CT molecular complexity index is 696. The van der Waals surface area contributed by atoms with E-state index in [-0.39, 0.29) is 19.0 Å². The van der Waals surface area contributed by atoms with E-state index in [1.54, 1.807) is 6.07 Å². The van der Waals surface area contributed by atoms with E-state index in [4.69, 9.17) is 9.84 Å². The van der Waals surface area contributed by atoms with Gasteiger partial charge in [0, 0.05) is 5.56 Å². The molecule has 0 atom stereocenters. The summed E-state index contributed by atoms with van der Waals surface area (Å²) in [6.45, 7) is 4.00. The van der Waals surface area contributed by atoms with Crippen molar-refractivity contribution in [3.05, 3.63) is 64.5 Å². The average Bonchev–Trinajstić information content (AvgIpc) is 2.45. The molecule has 0 aromatic heterocycles. The monoisotopic (exact) mass is 284 g/mol. The molecule has 2 aromatic rings. The van der Waals surface area contributed by atoms with Gasteiger partial charge in [-0.3, -0.25) is 0 Å². The molecule has 21 heavy (non-hydrogen) atoms. The molecule has 2 rings (SSSR count). The van der Waals surface area contributed by atoms with Crippen molar-refractivity contribution >= 4 is 0 Å². The predicted molar refractivity (Wildman–Crippen MR) is 80.6 cm³/mol. The molecule has 0 heterocycles. The van der Waals surface area contributed by atoms with E-state index in [2.05, 4.69) is 11.8 Å². The van der Waals surface area contributed by atoms with E-state index < -0.39 is 0 Å². The maximum absolute atomic E-state index is 13.5. The van der Waals surface area contributed by atoms with Crippen molar-refractivity contribution in [2.24, 2.45) is 0 Å². The van der Waals surface area contributed by atoms with Gasteiger partial charge < -0.3 is 9.84 Å². The molecule has 0 fully saturated rings. The Morgan fingerprint density at radius 1 is 1.14 bits per heavy atom. The van der Waals surface area contributed by atoms with E-state index >= 15 is 0 Å². The Hall–Kier alpha value is -2.31. The van der Waals surface area contributed by atoms with Crippen LogP contribution in [-0.4, -0.2) is 11.7 Å². The van der Waals surface area contributed by atoms with Crippen LogP contribution in [-0.2, 0) is 6.61 Å². The Morgan fingerprint density at radius 3 is 2.71 bits per heavy atom. The van der Waals surface area contributed by atoms with Gasteiger partial charge in [-0.15, -0.1) is 0 Å². The third-order valence-electron chi connectivity index (χ3n) is 3.01. The molecule has 0 amide bonds. The molecular formula is C18H17FO2. The number of aliphatic hydroxyl groups excluding tert-OH is 1. The first kappa shape index (κ1) is 15.1. The van der Waals surface area contributed by atoms with Crippen molar-refractivity contribution in [3.8, 4) is 17.6 Å². The zero-order valence-corrected chi connectivity index (χ0v) is 12.1. The SMILES string of the molecule is Cc1ccc(C)c(OCc2cc(F)cc(C#CCO)c2)c1. The fourth-order valence-corrected chi connectivity index (χ4v) is 1.97. The van der Waals surface area contributed by atoms with Crippen molar-refractivity contribution in [2.45, 2.75) is 20.5 Å². The number of halogens is 1. The van der Waals surface area contributed by atoms with Crippen molar-refractivity contribution in [3.63, 3.8) is 0 Å². The highest BCUT2D eigenvalue weighted by Crippen LogP contribution is 2.21. The molecule has 2 nitrogen and oxygen atoms in total. The van der Waals surface area contributed by atoms with Crippen LogP contribution in [0, 0.1) is 31.5 Å². The van der Waals surface area contributed by atoms with E-state index in [1.165, 1.54) is 12.1 Å². The molecule has 0 spiro atoms. The molecule has 0 aliphatic heterocycles. The average molecular weight is 284 g/mol. The summed E-state index contributed by atoms with van der Waals surface area (Å²) in [4.78, 5) is 0. The summed E-state index contributed by atoms with van der Waals surface area (Å²) in [6.07, 6.45) is 0. The van der Waals surface area contributed by atoms with E-state index in [1.807, 2.05) is 32.0 Å². The minimum atomic E-state index is -0.362. The molecule has 108 valence electrons. The van der Waals surface area contributed by atoms with Crippen LogP contribution in [0.1, 0.15) is 22.3 Å². The van der Waals surface area contributed by atoms with Crippen LogP contribution < -0.4 is 4.74 Å². The highest BCUT2D eigenvalue weighted by Gasteiger charge is 2.03. The van der Waals surface area contributed by atoms with Gasteiger partial charge in [-0.05, 0) is 54.8 Å². The fourth-order valence-electron chi connectivity index (χ4n) is 1.97. The summed E-state index contributed by atoms with van der Waals surface area (Å²) in [5.74, 6) is 5.64. The molecule has 2 aromatic carbocycles. The molecule has 0 bridgehead atoms. The predicted octanol–water partition coefficient (Wildman–Crippen LogP) is 3.37. The minimum absolute atomic E-state index is 0.245. The number of aliphatic hydroxyl groups is 1. The highest BCUT2D eigenvalue weighted by molar-refractivity contribution is 5.39. The number of rotatable bonds is 3. The molecule has 0 saturated heterocycles. The standard InChI is InChI=1S/C18H17FO2/c1-13-5-6-14(2)18(8-13)21-12-16-9-15(4-3-7-20)10-17(19)11-16/h5-6,8-11,20H,7,12H2,1-2H3. The van der Waals surface area contributed by atoms with Gasteiger partial charge in [0.1, 0.15) is 24.8 Å². The number of aryl methyl sites for hydroxylation is 2. The van der Waals surface area contributed by atoms with Crippen LogP contribution in [0.4, 0.5) is 4.39 Å². The smallest absolute Gasteiger partial charge is 0.124 e. The highest BCUT2D eigenvalue weighted by atomic mass is 19.1. The second-order valence-corrected chi connectivity index (χ2v) is 4.87. The Morgan fingerprint density at radius 2 is 1.95 bits per heavy atom. The second kappa shape index (κ2) is 6.92. The maximum atomic E-state index is 13.5. The topological polar surface area (TPSA) is 29.5 Å². The number of hydrogen-bond acceptors (Lipinski definition) is 2. The molecule has 0 aliphatic rings. The molecule has 0 saturated carbocycles. The van der Waals surface area contributed by atoms with Gasteiger partial charge in [-0.2, -0.15) is 0 Å². The Labute approximate surface area is 124 Å². The Balaban J connectivity index is 2.16. The number of hydrogen-bond donors (Lipinski definition) is 1. The largest absolute Gasteiger partial charge is 0.489 e. The number of benzene rings is 2. The summed E-state index contributed by atoms with van der Waals surface area (Å²) in [5.41, 5.74) is 3.39. The van der Waals surface area contributed by atoms with Crippen molar-refractivity contribution in [1.82, 2.24) is 0 Å². The lowest BCUT2D eigenvalue weighted by atomic mass is 10.1. The normalized spacial score (nSPS) is 9.90. The third kappa shape index (κ3) is 4.34. The molecule has 1 N–H and O–H groups in total. The van der Waals surface area contributed by atoms with E-state index in [0.29, 0.717) is 11.1 Å². The van der Waals surface area contributed by atoms with Gasteiger partial charge in [0.05, 0.1) is 0 Å². The van der Waals surface area contributed by atoms with Crippen LogP contribution >= 0.6 is 0 Å². The van der Waals surface area contributed by atoms with Crippen molar-refractivity contribution in [2.75, 3.05) is 6.61 Å². The first-order chi connectivity index (χ1) is 10.1. The minimum Gasteiger partial charge on any atom is -0.489 e. The number of ether oxygens (including phenoxy) is 1. The zero-order valence-electron chi connectivity index (χ0n) is 12.1. The van der Waals surface area contributed by atoms with Crippen LogP contribution in [0.2, 0.25) is 0 Å². The molecule has 3 heteroatoms. The van der Waals surface area contributed by atoms with Crippen molar-refractivity contribution in [1.29, 1.82) is 0 Å². The van der Waals surface area contributed by atoms with E-state index in [0.717, 1.165) is 16.9 Å². The first-order valence-corrected chi connectivity index (χ1v) is 6.68. The first-order valence-electron chi connectivity index (χ1n) is 6.68. The van der Waals surface area contributed by atoms with Crippen LogP contribution in [0.3, 0.4) is 0 Å². The van der Waals surface area contributed by atoms with Gasteiger partial charge in [0.15, 0.2) is 0 Å². The van der Waals surface area contributed by atoms with Crippen LogP contribution in [0.25, 0.3) is 0 Å². The summed E-state index contributed by atoms with van der Waals surface area (Å²) in [5, 5.41) is 8.68. The quantitative estimate of drug-likeness (QED) is 0.876. The summed E-state index contributed by atoms with van der Waals surface area (Å²) < 4.78 is 19.3. The lowest BCUT2D eigenvalue weighted by Crippen LogP contribution is -1.99. The maximum Gasteiger partial charge on any atom is 0.124 e. The van der Waals surface area contributed by atoms with Crippen LogP contribution in [0.15, 0.2) is 36.4 Å². The zero-order chi connectivity index (χ0) is 15.2. The lowest BCUT2D eigenvalue weighted by Gasteiger charge is -2.10. The van der Waals surface area contributed by atoms with Crippen LogP contribution in [0.5, 0.6) is 5.75 Å². The van der Waals surface area contributed by atoms with Gasteiger partial charge in [0.25, 0.3) is 0 Å². The van der Waals surface area contributed by atoms with E-state index in [9.17, 15) is 4.39 Å². The molecule has 0 unspecified atom stereocenters. The van der Waals surface area contributed by atoms with Gasteiger partial charge in [-0.1, -0.05) is 24.0 Å². The van der Waals surface area contributed by atoms with Gasteiger partial charge >= 0.3 is 0 Å². The molecule has 0 radical (unpaired) electrons. The third-order valence-corrected chi connectivity index (χ3v) is 3.01. The summed E-state index contributed by atoms with van der Waals surface area (Å²) in [7, 11) is 0. The summed E-state index contributed by atoms with van der Waals surface area (Å²) in [6, 6.07) is 10.5. The lowest BCUT2D eigenvalue weighted by molar-refractivity contribution is 0.303. The van der Waals surface area contributed by atoms with Crippen molar-refractivity contribution < 1.29 is 14.2 Å². The summed E-state index contributed by atoms with van der Waals surface area (Å²) >= 11 is 0. The van der Waals surface area contributed by atoms with Gasteiger partial charge in [0.2, 0.25) is 0 Å². The van der Waals surface area contributed by atoms with Gasteiger partial charge in [-0.25, -0.2) is 4.39 Å². The molecular weight excluding hydrogens is 267 g/mol. The Kier molecular flexibility index (Phi) is 4.97. The molecule has 0 aliphatic carbocycles.